The first-order valence-corrected chi connectivity index (χ1v) is 7.31. The van der Waals surface area contributed by atoms with Crippen LogP contribution in [0, 0.1) is 25.7 Å². The number of rotatable bonds is 3. The standard InChI is InChI=1S/C15H27N3/c1-5-12-8-6-7-9-13(12)15(16)14-10(2)17-18(4)11(14)3/h12-13,15H,5-9,16H2,1-4H3. The van der Waals surface area contributed by atoms with Crippen LogP contribution in [0.15, 0.2) is 0 Å². The van der Waals surface area contributed by atoms with Crippen LogP contribution in [0.5, 0.6) is 0 Å². The second-order valence-electron chi connectivity index (χ2n) is 5.85. The van der Waals surface area contributed by atoms with Crippen molar-refractivity contribution < 1.29 is 0 Å². The molecule has 0 amide bonds. The Hall–Kier alpha value is -0.830. The van der Waals surface area contributed by atoms with Gasteiger partial charge in [-0.3, -0.25) is 4.68 Å². The van der Waals surface area contributed by atoms with Gasteiger partial charge in [-0.15, -0.1) is 0 Å². The van der Waals surface area contributed by atoms with Crippen molar-refractivity contribution in [2.45, 2.75) is 58.9 Å². The Morgan fingerprint density at radius 2 is 2.00 bits per heavy atom. The molecule has 1 aromatic heterocycles. The summed E-state index contributed by atoms with van der Waals surface area (Å²) in [7, 11) is 2.01. The third-order valence-corrected chi connectivity index (χ3v) is 4.85. The molecule has 0 bridgehead atoms. The van der Waals surface area contributed by atoms with Gasteiger partial charge in [0.15, 0.2) is 0 Å². The van der Waals surface area contributed by atoms with Gasteiger partial charge in [-0.2, -0.15) is 5.10 Å². The lowest BCUT2D eigenvalue weighted by atomic mass is 9.72. The molecule has 1 heterocycles. The Morgan fingerprint density at radius 3 is 2.56 bits per heavy atom. The van der Waals surface area contributed by atoms with E-state index in [1.807, 2.05) is 11.7 Å². The van der Waals surface area contributed by atoms with E-state index in [4.69, 9.17) is 5.73 Å². The minimum Gasteiger partial charge on any atom is -0.324 e. The van der Waals surface area contributed by atoms with Crippen LogP contribution in [0.2, 0.25) is 0 Å². The fourth-order valence-electron chi connectivity index (χ4n) is 3.70. The molecule has 1 aliphatic carbocycles. The average molecular weight is 249 g/mol. The van der Waals surface area contributed by atoms with Crippen LogP contribution in [0.3, 0.4) is 0 Å². The summed E-state index contributed by atoms with van der Waals surface area (Å²) >= 11 is 0. The maximum atomic E-state index is 6.60. The molecule has 18 heavy (non-hydrogen) atoms. The lowest BCUT2D eigenvalue weighted by Crippen LogP contribution is -2.31. The summed E-state index contributed by atoms with van der Waals surface area (Å²) in [6.45, 7) is 6.53. The maximum absolute atomic E-state index is 6.60. The van der Waals surface area contributed by atoms with Crippen LogP contribution in [-0.4, -0.2) is 9.78 Å². The molecule has 2 rings (SSSR count). The highest BCUT2D eigenvalue weighted by Gasteiger charge is 2.32. The number of hydrogen-bond acceptors (Lipinski definition) is 2. The van der Waals surface area contributed by atoms with Crippen LogP contribution in [0.25, 0.3) is 0 Å². The zero-order chi connectivity index (χ0) is 13.3. The normalized spacial score (nSPS) is 26.3. The molecule has 3 unspecified atom stereocenters. The highest BCUT2D eigenvalue weighted by atomic mass is 15.3. The molecule has 0 radical (unpaired) electrons. The van der Waals surface area contributed by atoms with E-state index in [-0.39, 0.29) is 6.04 Å². The van der Waals surface area contributed by atoms with Crippen molar-refractivity contribution in [3.8, 4) is 0 Å². The van der Waals surface area contributed by atoms with Crippen LogP contribution in [0.1, 0.15) is 62.0 Å². The smallest absolute Gasteiger partial charge is 0.0644 e. The van der Waals surface area contributed by atoms with Gasteiger partial charge in [0.1, 0.15) is 0 Å². The van der Waals surface area contributed by atoms with Crippen molar-refractivity contribution >= 4 is 0 Å². The molecule has 3 nitrogen and oxygen atoms in total. The minimum absolute atomic E-state index is 0.170. The third-order valence-electron chi connectivity index (χ3n) is 4.85. The Kier molecular flexibility index (Phi) is 4.10. The summed E-state index contributed by atoms with van der Waals surface area (Å²) in [6.07, 6.45) is 6.62. The Bertz CT molecular complexity index is 408. The number of hydrogen-bond donors (Lipinski definition) is 1. The van der Waals surface area contributed by atoms with E-state index in [2.05, 4.69) is 25.9 Å². The van der Waals surface area contributed by atoms with Gasteiger partial charge in [0.05, 0.1) is 5.69 Å². The predicted molar refractivity (Wildman–Crippen MR) is 75.3 cm³/mol. The van der Waals surface area contributed by atoms with Gasteiger partial charge in [0.2, 0.25) is 0 Å². The van der Waals surface area contributed by atoms with E-state index in [0.717, 1.165) is 11.6 Å². The molecular formula is C15H27N3. The van der Waals surface area contributed by atoms with E-state index >= 15 is 0 Å². The summed E-state index contributed by atoms with van der Waals surface area (Å²) < 4.78 is 1.97. The Labute approximate surface area is 111 Å². The topological polar surface area (TPSA) is 43.8 Å². The Balaban J connectivity index is 2.26. The SMILES string of the molecule is CCC1CCCCC1C(N)c1c(C)nn(C)c1C. The second kappa shape index (κ2) is 5.43. The molecule has 3 heteroatoms. The van der Waals surface area contributed by atoms with Gasteiger partial charge in [-0.25, -0.2) is 0 Å². The molecule has 2 N–H and O–H groups in total. The van der Waals surface area contributed by atoms with Crippen molar-refractivity contribution in [2.75, 3.05) is 0 Å². The number of nitrogens with zero attached hydrogens (tertiary/aromatic N) is 2. The number of aryl methyl sites for hydroxylation is 2. The quantitative estimate of drug-likeness (QED) is 0.893. The van der Waals surface area contributed by atoms with E-state index in [0.29, 0.717) is 5.92 Å². The molecule has 1 aliphatic rings. The average Bonchev–Trinajstić information content (AvgIpc) is 2.62. The lowest BCUT2D eigenvalue weighted by molar-refractivity contribution is 0.196. The van der Waals surface area contributed by atoms with E-state index in [1.54, 1.807) is 0 Å². The van der Waals surface area contributed by atoms with Gasteiger partial charge in [0.25, 0.3) is 0 Å². The minimum atomic E-state index is 0.170. The summed E-state index contributed by atoms with van der Waals surface area (Å²) in [5, 5.41) is 4.51. The summed E-state index contributed by atoms with van der Waals surface area (Å²) in [4.78, 5) is 0. The second-order valence-corrected chi connectivity index (χ2v) is 5.85. The van der Waals surface area contributed by atoms with Crippen LogP contribution >= 0.6 is 0 Å². The van der Waals surface area contributed by atoms with Gasteiger partial charge in [-0.05, 0) is 32.1 Å². The fourth-order valence-corrected chi connectivity index (χ4v) is 3.70. The lowest BCUT2D eigenvalue weighted by Gasteiger charge is -2.35. The third kappa shape index (κ3) is 2.33. The van der Waals surface area contributed by atoms with E-state index in [9.17, 15) is 0 Å². The first kappa shape index (κ1) is 13.6. The largest absolute Gasteiger partial charge is 0.324 e. The molecule has 1 saturated carbocycles. The first-order chi connectivity index (χ1) is 8.56. The van der Waals surface area contributed by atoms with Crippen molar-refractivity contribution in [1.82, 2.24) is 9.78 Å². The zero-order valence-corrected chi connectivity index (χ0v) is 12.2. The van der Waals surface area contributed by atoms with Crippen LogP contribution < -0.4 is 5.73 Å². The Morgan fingerprint density at radius 1 is 1.33 bits per heavy atom. The number of nitrogens with two attached hydrogens (primary N) is 1. The van der Waals surface area contributed by atoms with Crippen LogP contribution in [-0.2, 0) is 7.05 Å². The van der Waals surface area contributed by atoms with Gasteiger partial charge in [0, 0.05) is 24.3 Å². The van der Waals surface area contributed by atoms with Crippen LogP contribution in [0.4, 0.5) is 0 Å². The zero-order valence-electron chi connectivity index (χ0n) is 12.2. The molecule has 1 fully saturated rings. The molecule has 102 valence electrons. The molecule has 0 aliphatic heterocycles. The summed E-state index contributed by atoms with van der Waals surface area (Å²) in [5.41, 5.74) is 10.2. The van der Waals surface area contributed by atoms with Crippen molar-refractivity contribution in [3.63, 3.8) is 0 Å². The van der Waals surface area contributed by atoms with E-state index < -0.39 is 0 Å². The first-order valence-electron chi connectivity index (χ1n) is 7.31. The van der Waals surface area contributed by atoms with Crippen molar-refractivity contribution in [1.29, 1.82) is 0 Å². The monoisotopic (exact) mass is 249 g/mol. The van der Waals surface area contributed by atoms with Crippen molar-refractivity contribution in [3.05, 3.63) is 17.0 Å². The van der Waals surface area contributed by atoms with Gasteiger partial charge in [-0.1, -0.05) is 32.6 Å². The van der Waals surface area contributed by atoms with Gasteiger partial charge < -0.3 is 5.73 Å². The van der Waals surface area contributed by atoms with E-state index in [1.165, 1.54) is 43.4 Å². The molecular weight excluding hydrogens is 222 g/mol. The molecule has 0 spiro atoms. The predicted octanol–water partition coefficient (Wildman–Crippen LogP) is 3.25. The summed E-state index contributed by atoms with van der Waals surface area (Å²) in [5.74, 6) is 1.44. The fraction of sp³-hybridized carbons (Fsp3) is 0.800. The molecule has 3 atom stereocenters. The molecule has 1 aromatic rings. The maximum Gasteiger partial charge on any atom is 0.0644 e. The highest BCUT2D eigenvalue weighted by Crippen LogP contribution is 2.40. The van der Waals surface area contributed by atoms with Gasteiger partial charge >= 0.3 is 0 Å². The highest BCUT2D eigenvalue weighted by molar-refractivity contribution is 5.28. The molecule has 0 saturated heterocycles. The molecule has 0 aromatic carbocycles. The van der Waals surface area contributed by atoms with Crippen molar-refractivity contribution in [2.24, 2.45) is 24.6 Å². The summed E-state index contributed by atoms with van der Waals surface area (Å²) in [6, 6.07) is 0.170. The number of aromatic nitrogens is 2.